The summed E-state index contributed by atoms with van der Waals surface area (Å²) in [6.45, 7) is 4.01. The van der Waals surface area contributed by atoms with Gasteiger partial charge in [-0.3, -0.25) is 0 Å². The van der Waals surface area contributed by atoms with Crippen LogP contribution in [-0.2, 0) is 12.8 Å². The van der Waals surface area contributed by atoms with Crippen molar-refractivity contribution in [3.05, 3.63) is 17.0 Å². The minimum absolute atomic E-state index is 0.401. The van der Waals surface area contributed by atoms with Gasteiger partial charge in [-0.2, -0.15) is 0 Å². The highest BCUT2D eigenvalue weighted by Gasteiger charge is 2.12. The zero-order valence-corrected chi connectivity index (χ0v) is 7.80. The van der Waals surface area contributed by atoms with E-state index in [4.69, 9.17) is 5.73 Å². The van der Waals surface area contributed by atoms with Gasteiger partial charge in [-0.25, -0.2) is 9.97 Å². The molecule has 4 heteroatoms. The summed E-state index contributed by atoms with van der Waals surface area (Å²) in [5.41, 5.74) is 9.02. The average Bonchev–Trinajstić information content (AvgIpc) is 2.28. The molecular formula is C9H14N4. The number of anilines is 1. The Morgan fingerprint density at radius 2 is 2.00 bits per heavy atom. The molecule has 1 aliphatic rings. The number of hydrogen-bond donors (Lipinski definition) is 2. The first kappa shape index (κ1) is 8.44. The fraction of sp³-hybridized carbons (Fsp3) is 0.556. The number of nitrogen functional groups attached to an aromatic ring is 1. The van der Waals surface area contributed by atoms with Crippen LogP contribution >= 0.6 is 0 Å². The number of nitrogens with zero attached hydrogens (tertiary/aromatic N) is 2. The standard InChI is InChI=1S/C9H14N4/c1-6-7-2-4-11-5-3-8(7)13-9(10)12-6/h11H,2-5H2,1H3,(H2,10,12,13). The van der Waals surface area contributed by atoms with Crippen molar-refractivity contribution in [2.45, 2.75) is 19.8 Å². The van der Waals surface area contributed by atoms with E-state index in [9.17, 15) is 0 Å². The predicted octanol–water partition coefficient (Wildman–Crippen LogP) is 0.0554. The Kier molecular flexibility index (Phi) is 2.14. The normalized spacial score (nSPS) is 16.4. The second-order valence-electron chi connectivity index (χ2n) is 3.34. The molecule has 0 radical (unpaired) electrons. The molecule has 1 aliphatic heterocycles. The Hall–Kier alpha value is -1.16. The Labute approximate surface area is 77.6 Å². The molecular weight excluding hydrogens is 164 g/mol. The largest absolute Gasteiger partial charge is 0.368 e. The minimum Gasteiger partial charge on any atom is -0.368 e. The van der Waals surface area contributed by atoms with Gasteiger partial charge in [0.05, 0.1) is 5.69 Å². The van der Waals surface area contributed by atoms with E-state index in [0.29, 0.717) is 5.95 Å². The summed E-state index contributed by atoms with van der Waals surface area (Å²) in [4.78, 5) is 8.43. The van der Waals surface area contributed by atoms with Gasteiger partial charge in [0.2, 0.25) is 5.95 Å². The molecule has 0 saturated heterocycles. The summed E-state index contributed by atoms with van der Waals surface area (Å²) in [6, 6.07) is 0. The number of nitrogens with two attached hydrogens (primary N) is 1. The molecule has 4 nitrogen and oxygen atoms in total. The van der Waals surface area contributed by atoms with Crippen LogP contribution in [0.25, 0.3) is 0 Å². The summed E-state index contributed by atoms with van der Waals surface area (Å²) in [5, 5.41) is 3.33. The molecule has 70 valence electrons. The maximum atomic E-state index is 5.59. The Morgan fingerprint density at radius 3 is 2.85 bits per heavy atom. The van der Waals surface area contributed by atoms with Crippen molar-refractivity contribution in [2.24, 2.45) is 0 Å². The van der Waals surface area contributed by atoms with Gasteiger partial charge in [-0.05, 0) is 25.5 Å². The summed E-state index contributed by atoms with van der Waals surface area (Å²) < 4.78 is 0. The first-order chi connectivity index (χ1) is 6.27. The maximum absolute atomic E-state index is 5.59. The highest BCUT2D eigenvalue weighted by Crippen LogP contribution is 2.14. The fourth-order valence-corrected chi connectivity index (χ4v) is 1.76. The monoisotopic (exact) mass is 178 g/mol. The molecule has 3 N–H and O–H groups in total. The molecule has 0 amide bonds. The zero-order valence-electron chi connectivity index (χ0n) is 7.80. The number of fused-ring (bicyclic) bond motifs is 1. The molecule has 0 aliphatic carbocycles. The van der Waals surface area contributed by atoms with Crippen LogP contribution in [0.4, 0.5) is 5.95 Å². The van der Waals surface area contributed by atoms with Crippen LogP contribution in [0.1, 0.15) is 17.0 Å². The van der Waals surface area contributed by atoms with E-state index in [1.165, 1.54) is 5.56 Å². The Balaban J connectivity index is 2.47. The van der Waals surface area contributed by atoms with E-state index in [1.54, 1.807) is 0 Å². The van der Waals surface area contributed by atoms with Crippen molar-refractivity contribution in [2.75, 3.05) is 18.8 Å². The molecule has 0 fully saturated rings. The summed E-state index contributed by atoms with van der Waals surface area (Å²) in [5.74, 6) is 0.401. The molecule has 0 atom stereocenters. The van der Waals surface area contributed by atoms with E-state index in [2.05, 4.69) is 15.3 Å². The van der Waals surface area contributed by atoms with Crippen molar-refractivity contribution >= 4 is 5.95 Å². The zero-order chi connectivity index (χ0) is 9.26. The number of hydrogen-bond acceptors (Lipinski definition) is 4. The van der Waals surface area contributed by atoms with E-state index in [1.807, 2.05) is 6.92 Å². The van der Waals surface area contributed by atoms with Gasteiger partial charge in [-0.15, -0.1) is 0 Å². The third-order valence-electron chi connectivity index (χ3n) is 2.41. The molecule has 1 aromatic rings. The summed E-state index contributed by atoms with van der Waals surface area (Å²) in [7, 11) is 0. The minimum atomic E-state index is 0.401. The maximum Gasteiger partial charge on any atom is 0.220 e. The van der Waals surface area contributed by atoms with Crippen LogP contribution in [0.15, 0.2) is 0 Å². The van der Waals surface area contributed by atoms with Crippen molar-refractivity contribution in [1.29, 1.82) is 0 Å². The number of aromatic nitrogens is 2. The molecule has 1 aromatic heterocycles. The van der Waals surface area contributed by atoms with Gasteiger partial charge >= 0.3 is 0 Å². The van der Waals surface area contributed by atoms with Crippen molar-refractivity contribution < 1.29 is 0 Å². The van der Waals surface area contributed by atoms with Crippen LogP contribution in [0.5, 0.6) is 0 Å². The Bertz CT molecular complexity index is 322. The van der Waals surface area contributed by atoms with Gasteiger partial charge in [0.1, 0.15) is 0 Å². The number of nitrogens with one attached hydrogen (secondary N) is 1. The van der Waals surface area contributed by atoms with Crippen LogP contribution < -0.4 is 11.1 Å². The van der Waals surface area contributed by atoms with Gasteiger partial charge < -0.3 is 11.1 Å². The van der Waals surface area contributed by atoms with Crippen molar-refractivity contribution in [3.63, 3.8) is 0 Å². The second-order valence-corrected chi connectivity index (χ2v) is 3.34. The van der Waals surface area contributed by atoms with Crippen LogP contribution in [-0.4, -0.2) is 23.1 Å². The summed E-state index contributed by atoms with van der Waals surface area (Å²) >= 11 is 0. The average molecular weight is 178 g/mol. The van der Waals surface area contributed by atoms with Crippen LogP contribution in [0.2, 0.25) is 0 Å². The molecule has 0 unspecified atom stereocenters. The number of rotatable bonds is 0. The first-order valence-corrected chi connectivity index (χ1v) is 4.60. The Morgan fingerprint density at radius 1 is 1.23 bits per heavy atom. The van der Waals surface area contributed by atoms with E-state index in [-0.39, 0.29) is 0 Å². The molecule has 13 heavy (non-hydrogen) atoms. The van der Waals surface area contributed by atoms with Gasteiger partial charge in [-0.1, -0.05) is 0 Å². The van der Waals surface area contributed by atoms with E-state index in [0.717, 1.165) is 37.3 Å². The highest BCUT2D eigenvalue weighted by atomic mass is 15.0. The molecule has 2 heterocycles. The van der Waals surface area contributed by atoms with Gasteiger partial charge in [0.15, 0.2) is 0 Å². The lowest BCUT2D eigenvalue weighted by atomic mass is 10.1. The lowest BCUT2D eigenvalue weighted by Crippen LogP contribution is -2.16. The van der Waals surface area contributed by atoms with Gasteiger partial charge in [0.25, 0.3) is 0 Å². The van der Waals surface area contributed by atoms with E-state index < -0.39 is 0 Å². The lowest BCUT2D eigenvalue weighted by Gasteiger charge is -2.07. The summed E-state index contributed by atoms with van der Waals surface area (Å²) in [6.07, 6.45) is 1.98. The topological polar surface area (TPSA) is 63.8 Å². The molecule has 0 saturated carbocycles. The quantitative estimate of drug-likeness (QED) is 0.589. The molecule has 0 spiro atoms. The second kappa shape index (κ2) is 3.30. The third kappa shape index (κ3) is 1.62. The molecule has 2 rings (SSSR count). The fourth-order valence-electron chi connectivity index (χ4n) is 1.76. The smallest absolute Gasteiger partial charge is 0.220 e. The first-order valence-electron chi connectivity index (χ1n) is 4.60. The lowest BCUT2D eigenvalue weighted by molar-refractivity contribution is 0.708. The van der Waals surface area contributed by atoms with Crippen LogP contribution in [0, 0.1) is 6.92 Å². The van der Waals surface area contributed by atoms with E-state index >= 15 is 0 Å². The molecule has 0 bridgehead atoms. The SMILES string of the molecule is Cc1nc(N)nc2c1CCNCC2. The molecule has 0 aromatic carbocycles. The third-order valence-corrected chi connectivity index (χ3v) is 2.41. The number of aryl methyl sites for hydroxylation is 1. The predicted molar refractivity (Wildman–Crippen MR) is 51.5 cm³/mol. The van der Waals surface area contributed by atoms with Crippen LogP contribution in [0.3, 0.4) is 0 Å². The van der Waals surface area contributed by atoms with Crippen molar-refractivity contribution in [1.82, 2.24) is 15.3 Å². The van der Waals surface area contributed by atoms with Gasteiger partial charge in [0, 0.05) is 18.7 Å². The van der Waals surface area contributed by atoms with Crippen molar-refractivity contribution in [3.8, 4) is 0 Å². The highest BCUT2D eigenvalue weighted by molar-refractivity contribution is 5.32.